The smallest absolute Gasteiger partial charge is 0.319 e. The molecule has 0 spiro atoms. The second kappa shape index (κ2) is 8.08. The van der Waals surface area contributed by atoms with E-state index in [4.69, 9.17) is 10.00 Å². The topological polar surface area (TPSA) is 112 Å². The Morgan fingerprint density at radius 1 is 1.29 bits per heavy atom. The summed E-state index contributed by atoms with van der Waals surface area (Å²) in [4.78, 5) is 37.4. The number of anilines is 1. The van der Waals surface area contributed by atoms with Gasteiger partial charge in [-0.3, -0.25) is 14.5 Å². The average molecular weight is 330 g/mol. The summed E-state index contributed by atoms with van der Waals surface area (Å²) in [7, 11) is 1.56. The van der Waals surface area contributed by atoms with Crippen molar-refractivity contribution < 1.29 is 19.1 Å². The molecule has 0 unspecified atom stereocenters. The van der Waals surface area contributed by atoms with Gasteiger partial charge in [-0.2, -0.15) is 5.26 Å². The molecule has 0 atom stereocenters. The van der Waals surface area contributed by atoms with Crippen LogP contribution in [-0.2, 0) is 4.74 Å². The zero-order chi connectivity index (χ0) is 17.5. The molecule has 24 heavy (non-hydrogen) atoms. The van der Waals surface area contributed by atoms with Gasteiger partial charge < -0.3 is 15.4 Å². The van der Waals surface area contributed by atoms with Crippen molar-refractivity contribution in [3.63, 3.8) is 0 Å². The number of carbonyl (C=O) groups excluding carboxylic acids is 3. The van der Waals surface area contributed by atoms with Crippen LogP contribution in [0.2, 0.25) is 0 Å². The van der Waals surface area contributed by atoms with E-state index in [2.05, 4.69) is 10.6 Å². The van der Waals surface area contributed by atoms with Gasteiger partial charge in [-0.15, -0.1) is 0 Å². The van der Waals surface area contributed by atoms with Gasteiger partial charge in [0.1, 0.15) is 0 Å². The number of amides is 4. The third kappa shape index (κ3) is 3.88. The highest BCUT2D eigenvalue weighted by atomic mass is 16.5. The molecule has 1 aliphatic heterocycles. The Labute approximate surface area is 139 Å². The van der Waals surface area contributed by atoms with Gasteiger partial charge in [-0.1, -0.05) is 0 Å². The third-order valence-electron chi connectivity index (χ3n) is 3.48. The first-order chi connectivity index (χ1) is 11.6. The standard InChI is InChI=1S/C16H18N4O4/c1-24-9-3-8-20-14(21)12-5-4-11(10-13(12)15(20)22)19-16(23)18-7-2-6-17/h4-5,10H,2-3,7-9H2,1H3,(H2,18,19,23). The number of carbonyl (C=O) groups is 3. The Morgan fingerprint density at radius 3 is 2.75 bits per heavy atom. The van der Waals surface area contributed by atoms with Crippen LogP contribution in [0.5, 0.6) is 0 Å². The zero-order valence-electron chi connectivity index (χ0n) is 13.3. The fraction of sp³-hybridized carbons (Fsp3) is 0.375. The lowest BCUT2D eigenvalue weighted by Gasteiger charge is -2.12. The summed E-state index contributed by atoms with van der Waals surface area (Å²) in [6, 6.07) is 6.01. The number of benzene rings is 1. The van der Waals surface area contributed by atoms with E-state index in [0.29, 0.717) is 24.3 Å². The van der Waals surface area contributed by atoms with Crippen molar-refractivity contribution in [1.82, 2.24) is 10.2 Å². The van der Waals surface area contributed by atoms with Crippen LogP contribution in [0.3, 0.4) is 0 Å². The maximum absolute atomic E-state index is 12.4. The molecule has 1 aromatic rings. The number of methoxy groups -OCH3 is 1. The first kappa shape index (κ1) is 17.4. The van der Waals surface area contributed by atoms with Crippen LogP contribution in [0, 0.1) is 11.3 Å². The molecule has 0 radical (unpaired) electrons. The molecule has 0 saturated heterocycles. The lowest BCUT2D eigenvalue weighted by Crippen LogP contribution is -2.31. The van der Waals surface area contributed by atoms with Gasteiger partial charge >= 0.3 is 6.03 Å². The van der Waals surface area contributed by atoms with Crippen molar-refractivity contribution in [3.05, 3.63) is 29.3 Å². The number of hydrogen-bond donors (Lipinski definition) is 2. The van der Waals surface area contributed by atoms with E-state index in [-0.39, 0.29) is 36.9 Å². The number of nitrogens with zero attached hydrogens (tertiary/aromatic N) is 2. The Morgan fingerprint density at radius 2 is 2.04 bits per heavy atom. The minimum atomic E-state index is -0.473. The van der Waals surface area contributed by atoms with E-state index in [1.165, 1.54) is 17.0 Å². The number of nitriles is 1. The van der Waals surface area contributed by atoms with E-state index in [1.54, 1.807) is 13.2 Å². The molecule has 126 valence electrons. The highest BCUT2D eigenvalue weighted by Crippen LogP contribution is 2.26. The number of nitrogens with one attached hydrogen (secondary N) is 2. The molecule has 0 saturated carbocycles. The van der Waals surface area contributed by atoms with Gasteiger partial charge in [0.25, 0.3) is 11.8 Å². The summed E-state index contributed by atoms with van der Waals surface area (Å²) >= 11 is 0. The lowest BCUT2D eigenvalue weighted by atomic mass is 10.1. The van der Waals surface area contributed by atoms with Crippen molar-refractivity contribution >= 4 is 23.5 Å². The second-order valence-corrected chi connectivity index (χ2v) is 5.16. The fourth-order valence-electron chi connectivity index (χ4n) is 2.35. The molecule has 0 fully saturated rings. The molecule has 1 aromatic carbocycles. The Hall–Kier alpha value is -2.92. The first-order valence-electron chi connectivity index (χ1n) is 7.49. The van der Waals surface area contributed by atoms with Gasteiger partial charge in [-0.05, 0) is 24.6 Å². The van der Waals surface area contributed by atoms with E-state index < -0.39 is 6.03 Å². The SMILES string of the molecule is COCCCN1C(=O)c2ccc(NC(=O)NCCC#N)cc2C1=O. The quantitative estimate of drug-likeness (QED) is 0.579. The largest absolute Gasteiger partial charge is 0.385 e. The Balaban J connectivity index is 2.05. The maximum atomic E-state index is 12.4. The minimum Gasteiger partial charge on any atom is -0.385 e. The molecule has 0 aliphatic carbocycles. The predicted octanol–water partition coefficient (Wildman–Crippen LogP) is 1.35. The molecular formula is C16H18N4O4. The van der Waals surface area contributed by atoms with Gasteiger partial charge in [0.05, 0.1) is 23.6 Å². The minimum absolute atomic E-state index is 0.209. The van der Waals surface area contributed by atoms with Crippen molar-refractivity contribution in [2.45, 2.75) is 12.8 Å². The molecular weight excluding hydrogens is 312 g/mol. The van der Waals surface area contributed by atoms with E-state index in [9.17, 15) is 14.4 Å². The van der Waals surface area contributed by atoms with E-state index in [1.807, 2.05) is 6.07 Å². The molecule has 8 heteroatoms. The summed E-state index contributed by atoms with van der Waals surface area (Å²) in [5.74, 6) is -0.712. The monoisotopic (exact) mass is 330 g/mol. The third-order valence-corrected chi connectivity index (χ3v) is 3.48. The van der Waals surface area contributed by atoms with Crippen molar-refractivity contribution in [1.29, 1.82) is 5.26 Å². The molecule has 8 nitrogen and oxygen atoms in total. The number of fused-ring (bicyclic) bond motifs is 1. The van der Waals surface area contributed by atoms with Gasteiger partial charge in [-0.25, -0.2) is 4.79 Å². The van der Waals surface area contributed by atoms with E-state index >= 15 is 0 Å². The molecule has 4 amide bonds. The van der Waals surface area contributed by atoms with Crippen LogP contribution in [0.1, 0.15) is 33.6 Å². The first-order valence-corrected chi connectivity index (χ1v) is 7.49. The summed E-state index contributed by atoms with van der Waals surface area (Å²) in [6.45, 7) is 0.985. The van der Waals surface area contributed by atoms with Gasteiger partial charge in [0.2, 0.25) is 0 Å². The van der Waals surface area contributed by atoms with Crippen LogP contribution in [0.4, 0.5) is 10.5 Å². The molecule has 1 heterocycles. The Bertz CT molecular complexity index is 696. The van der Waals surface area contributed by atoms with Crippen LogP contribution in [-0.4, -0.2) is 49.6 Å². The van der Waals surface area contributed by atoms with Crippen LogP contribution in [0.25, 0.3) is 0 Å². The lowest BCUT2D eigenvalue weighted by molar-refractivity contribution is 0.0638. The second-order valence-electron chi connectivity index (χ2n) is 5.16. The predicted molar refractivity (Wildman–Crippen MR) is 85.6 cm³/mol. The molecule has 0 aromatic heterocycles. The average Bonchev–Trinajstić information content (AvgIpc) is 2.80. The van der Waals surface area contributed by atoms with E-state index in [0.717, 1.165) is 0 Å². The van der Waals surface area contributed by atoms with Crippen LogP contribution >= 0.6 is 0 Å². The summed E-state index contributed by atoms with van der Waals surface area (Å²) in [5.41, 5.74) is 1.00. The number of ether oxygens (including phenoxy) is 1. The van der Waals surface area contributed by atoms with Gasteiger partial charge in [0.15, 0.2) is 0 Å². The molecule has 2 rings (SSSR count). The highest BCUT2D eigenvalue weighted by molar-refractivity contribution is 6.21. The summed E-state index contributed by atoms with van der Waals surface area (Å²) in [6.07, 6.45) is 0.773. The van der Waals surface area contributed by atoms with Gasteiger partial charge in [0, 0.05) is 32.5 Å². The van der Waals surface area contributed by atoms with Crippen LogP contribution in [0.15, 0.2) is 18.2 Å². The fourth-order valence-corrected chi connectivity index (χ4v) is 2.35. The molecule has 1 aliphatic rings. The van der Waals surface area contributed by atoms with Crippen molar-refractivity contribution in [3.8, 4) is 6.07 Å². The highest BCUT2D eigenvalue weighted by Gasteiger charge is 2.35. The maximum Gasteiger partial charge on any atom is 0.319 e. The number of hydrogen-bond acceptors (Lipinski definition) is 5. The number of urea groups is 1. The van der Waals surface area contributed by atoms with Crippen LogP contribution < -0.4 is 10.6 Å². The number of rotatable bonds is 7. The normalized spacial score (nSPS) is 12.8. The zero-order valence-corrected chi connectivity index (χ0v) is 13.3. The van der Waals surface area contributed by atoms with Crippen molar-refractivity contribution in [2.24, 2.45) is 0 Å². The molecule has 0 bridgehead atoms. The Kier molecular flexibility index (Phi) is 5.87. The molecule has 2 N–H and O–H groups in total. The summed E-state index contributed by atoms with van der Waals surface area (Å²) in [5, 5.41) is 13.5. The van der Waals surface area contributed by atoms with Crippen molar-refractivity contribution in [2.75, 3.05) is 32.1 Å². The number of imide groups is 1. The summed E-state index contributed by atoms with van der Waals surface area (Å²) < 4.78 is 4.93.